The Morgan fingerprint density at radius 1 is 0.455 bits per heavy atom. The third-order valence-electron chi connectivity index (χ3n) is 9.33. The van der Waals surface area contributed by atoms with Crippen LogP contribution in [-0.2, 0) is 47.7 Å². The van der Waals surface area contributed by atoms with Crippen LogP contribution < -0.4 is 5.32 Å². The van der Waals surface area contributed by atoms with E-state index in [0.717, 1.165) is 32.1 Å². The summed E-state index contributed by atoms with van der Waals surface area (Å²) >= 11 is 0. The topological polar surface area (TPSA) is 212 Å². The third kappa shape index (κ3) is 37.7. The number of carboxylic acids is 3. The molecule has 0 saturated heterocycles. The molecule has 0 aliphatic rings. The zero-order valence-electron chi connectivity index (χ0n) is 33.7. The van der Waals surface area contributed by atoms with Crippen LogP contribution in [0.2, 0.25) is 0 Å². The Labute approximate surface area is 329 Å². The Balaban J connectivity index is 3.52. The Morgan fingerprint density at radius 2 is 0.927 bits per heavy atom. The minimum atomic E-state index is -1.12. The van der Waals surface area contributed by atoms with Crippen LogP contribution in [0.15, 0.2) is 0 Å². The minimum absolute atomic E-state index is 0.00494. The number of aliphatic carboxylic acids is 3. The second-order valence-electron chi connectivity index (χ2n) is 14.4. The van der Waals surface area contributed by atoms with Gasteiger partial charge in [0, 0.05) is 51.7 Å². The van der Waals surface area contributed by atoms with Crippen molar-refractivity contribution in [2.75, 3.05) is 59.4 Å². The van der Waals surface area contributed by atoms with Gasteiger partial charge in [0.05, 0.1) is 58.1 Å². The maximum absolute atomic E-state index is 12.3. The van der Waals surface area contributed by atoms with Crippen molar-refractivity contribution in [1.82, 2.24) is 5.32 Å². The maximum Gasteiger partial charge on any atom is 0.306 e. The molecule has 14 heteroatoms. The van der Waals surface area contributed by atoms with E-state index in [1.54, 1.807) is 6.92 Å². The van der Waals surface area contributed by atoms with Crippen LogP contribution in [0.25, 0.3) is 0 Å². The molecule has 0 spiro atoms. The summed E-state index contributed by atoms with van der Waals surface area (Å²) < 4.78 is 21.9. The third-order valence-corrected chi connectivity index (χ3v) is 9.33. The van der Waals surface area contributed by atoms with Gasteiger partial charge in [-0.1, -0.05) is 77.6 Å². The van der Waals surface area contributed by atoms with E-state index in [9.17, 15) is 33.9 Å². The molecule has 0 bridgehead atoms. The second-order valence-corrected chi connectivity index (χ2v) is 14.4. The molecule has 0 saturated carbocycles. The SMILES string of the molecule is C[C@@H](CCCCNC(=O)CC[C@H](CC(=O)CCOCCOCCOCCOCCCC(=O)CCCCCCCCCCCCCCC(=O)O)C(=O)O)C(=O)O. The van der Waals surface area contributed by atoms with E-state index in [2.05, 4.69) is 5.32 Å². The Bertz CT molecular complexity index is 1020. The fraction of sp³-hybridized carbons (Fsp3) is 0.854. The van der Waals surface area contributed by atoms with Crippen molar-refractivity contribution >= 4 is 35.4 Å². The fourth-order valence-electron chi connectivity index (χ4n) is 5.82. The van der Waals surface area contributed by atoms with Gasteiger partial charge in [0.25, 0.3) is 0 Å². The Hall–Kier alpha value is -2.94. The molecule has 1 amide bonds. The van der Waals surface area contributed by atoms with Gasteiger partial charge in [-0.15, -0.1) is 0 Å². The summed E-state index contributed by atoms with van der Waals surface area (Å²) in [5.41, 5.74) is 0. The van der Waals surface area contributed by atoms with Gasteiger partial charge < -0.3 is 39.6 Å². The van der Waals surface area contributed by atoms with Crippen molar-refractivity contribution in [3.8, 4) is 0 Å². The van der Waals surface area contributed by atoms with Crippen LogP contribution in [0.1, 0.15) is 155 Å². The largest absolute Gasteiger partial charge is 0.481 e. The molecular weight excluding hydrogens is 714 g/mol. The van der Waals surface area contributed by atoms with Gasteiger partial charge >= 0.3 is 17.9 Å². The van der Waals surface area contributed by atoms with Gasteiger partial charge in [0.2, 0.25) is 5.91 Å². The highest BCUT2D eigenvalue weighted by Gasteiger charge is 2.22. The van der Waals surface area contributed by atoms with Crippen molar-refractivity contribution in [2.24, 2.45) is 11.8 Å². The van der Waals surface area contributed by atoms with Crippen LogP contribution in [0.5, 0.6) is 0 Å². The molecule has 55 heavy (non-hydrogen) atoms. The van der Waals surface area contributed by atoms with Gasteiger partial charge in [-0.25, -0.2) is 0 Å². The van der Waals surface area contributed by atoms with E-state index in [1.165, 1.54) is 44.9 Å². The molecule has 320 valence electrons. The summed E-state index contributed by atoms with van der Waals surface area (Å²) in [6, 6.07) is 0. The van der Waals surface area contributed by atoms with Crippen LogP contribution in [-0.4, -0.2) is 110 Å². The van der Waals surface area contributed by atoms with Gasteiger partial charge in [-0.3, -0.25) is 28.8 Å². The smallest absolute Gasteiger partial charge is 0.306 e. The summed E-state index contributed by atoms with van der Waals surface area (Å²) in [4.78, 5) is 69.3. The average molecular weight is 788 g/mol. The molecule has 14 nitrogen and oxygen atoms in total. The molecular formula is C41H73NO13. The quantitative estimate of drug-likeness (QED) is 0.0470. The maximum atomic E-state index is 12.3. The van der Waals surface area contributed by atoms with Crippen molar-refractivity contribution in [1.29, 1.82) is 0 Å². The lowest BCUT2D eigenvalue weighted by Gasteiger charge is -2.12. The number of carbonyl (C=O) groups excluding carboxylic acids is 3. The molecule has 4 N–H and O–H groups in total. The zero-order chi connectivity index (χ0) is 40.8. The summed E-state index contributed by atoms with van der Waals surface area (Å²) in [5, 5.41) is 29.7. The van der Waals surface area contributed by atoms with Crippen LogP contribution in [0, 0.1) is 11.8 Å². The first kappa shape index (κ1) is 52.1. The first-order valence-corrected chi connectivity index (χ1v) is 20.8. The molecule has 0 aromatic carbocycles. The predicted molar refractivity (Wildman–Crippen MR) is 208 cm³/mol. The van der Waals surface area contributed by atoms with E-state index in [1.807, 2.05) is 0 Å². The standard InChI is InChI=1S/C41H73NO13/c1-34(40(48)49)17-14-15-24-42-38(45)22-21-35(41(50)51)33-37(44)23-26-53-28-30-55-32-31-54-29-27-52-25-16-19-36(43)18-12-10-8-6-4-2-3-5-7-9-11-13-20-39(46)47/h34-35H,2-33H2,1H3,(H,42,45)(H,46,47)(H,48,49)(H,50,51)/t34-,35+/m0/s1. The highest BCUT2D eigenvalue weighted by molar-refractivity contribution is 5.84. The number of carbonyl (C=O) groups is 6. The summed E-state index contributed by atoms with van der Waals surface area (Å²) in [7, 11) is 0. The molecule has 0 fully saturated rings. The lowest BCUT2D eigenvalue weighted by atomic mass is 9.96. The van der Waals surface area contributed by atoms with Gasteiger partial charge in [-0.2, -0.15) is 0 Å². The van der Waals surface area contributed by atoms with Gasteiger partial charge in [-0.05, 0) is 38.5 Å². The number of hydrogen-bond acceptors (Lipinski definition) is 10. The molecule has 0 radical (unpaired) electrons. The number of Topliss-reactive ketones (excluding diaryl/α,β-unsaturated/α-hetero) is 2. The van der Waals surface area contributed by atoms with E-state index in [0.29, 0.717) is 90.5 Å². The van der Waals surface area contributed by atoms with Crippen molar-refractivity contribution in [2.45, 2.75) is 155 Å². The molecule has 0 aromatic rings. The zero-order valence-corrected chi connectivity index (χ0v) is 33.7. The Kier molecular flexibility index (Phi) is 35.9. The molecule has 0 aliphatic carbocycles. The van der Waals surface area contributed by atoms with Crippen molar-refractivity contribution in [3.63, 3.8) is 0 Å². The van der Waals surface area contributed by atoms with E-state index in [-0.39, 0.29) is 57.0 Å². The first-order valence-electron chi connectivity index (χ1n) is 20.8. The van der Waals surface area contributed by atoms with Crippen molar-refractivity contribution in [3.05, 3.63) is 0 Å². The lowest BCUT2D eigenvalue weighted by Crippen LogP contribution is -2.27. The average Bonchev–Trinajstić information content (AvgIpc) is 3.14. The number of amides is 1. The number of unbranched alkanes of at least 4 members (excludes halogenated alkanes) is 12. The summed E-state index contributed by atoms with van der Waals surface area (Å²) in [6.07, 6.45) is 17.6. The van der Waals surface area contributed by atoms with Gasteiger partial charge in [0.15, 0.2) is 0 Å². The van der Waals surface area contributed by atoms with Crippen LogP contribution in [0.4, 0.5) is 0 Å². The normalized spacial score (nSPS) is 12.3. The molecule has 0 aromatic heterocycles. The summed E-state index contributed by atoms with van der Waals surface area (Å²) in [6.45, 7) is 4.99. The summed E-state index contributed by atoms with van der Waals surface area (Å²) in [5.74, 6) is -4.28. The van der Waals surface area contributed by atoms with Crippen molar-refractivity contribution < 1.29 is 63.0 Å². The number of ether oxygens (including phenoxy) is 4. The molecule has 0 aliphatic heterocycles. The monoisotopic (exact) mass is 788 g/mol. The number of nitrogens with one attached hydrogen (secondary N) is 1. The lowest BCUT2D eigenvalue weighted by molar-refractivity contribution is -0.144. The minimum Gasteiger partial charge on any atom is -0.481 e. The predicted octanol–water partition coefficient (Wildman–Crippen LogP) is 6.79. The highest BCUT2D eigenvalue weighted by atomic mass is 16.6. The van der Waals surface area contributed by atoms with Gasteiger partial charge in [0.1, 0.15) is 11.6 Å². The number of hydrogen-bond donors (Lipinski definition) is 4. The number of rotatable bonds is 43. The molecule has 0 rings (SSSR count). The number of carboxylic acid groups (broad SMARTS) is 3. The molecule has 0 unspecified atom stereocenters. The number of ketones is 2. The fourth-order valence-corrected chi connectivity index (χ4v) is 5.82. The van der Waals surface area contributed by atoms with Crippen LogP contribution in [0.3, 0.4) is 0 Å². The Morgan fingerprint density at radius 3 is 1.44 bits per heavy atom. The highest BCUT2D eigenvalue weighted by Crippen LogP contribution is 2.15. The second kappa shape index (κ2) is 38.0. The first-order chi connectivity index (χ1) is 26.5. The van der Waals surface area contributed by atoms with E-state index >= 15 is 0 Å². The van der Waals surface area contributed by atoms with E-state index < -0.39 is 29.7 Å². The molecule has 2 atom stereocenters. The van der Waals surface area contributed by atoms with E-state index in [4.69, 9.17) is 29.2 Å². The molecule has 0 heterocycles. The van der Waals surface area contributed by atoms with Crippen LogP contribution >= 0.6 is 0 Å².